The molecule has 1 N–H and O–H groups in total. The number of aromatic nitrogens is 1. The lowest BCUT2D eigenvalue weighted by molar-refractivity contribution is 0.122. The number of fused-ring (bicyclic) bond motifs is 1. The Morgan fingerprint density at radius 1 is 1.33 bits per heavy atom. The molecule has 2 heterocycles. The minimum Gasteiger partial charge on any atom is -0.378 e. The van der Waals surface area contributed by atoms with E-state index >= 15 is 0 Å². The van der Waals surface area contributed by atoms with Gasteiger partial charge in [-0.2, -0.15) is 0 Å². The van der Waals surface area contributed by atoms with E-state index in [1.54, 1.807) is 0 Å². The van der Waals surface area contributed by atoms with E-state index < -0.39 is 0 Å². The maximum absolute atomic E-state index is 14.2. The van der Waals surface area contributed by atoms with Crippen LogP contribution in [-0.2, 0) is 4.74 Å². The minimum atomic E-state index is -0.185. The topological polar surface area (TPSA) is 28.3 Å². The van der Waals surface area contributed by atoms with Crippen molar-refractivity contribution in [2.45, 2.75) is 6.92 Å². The number of morpholine rings is 1. The maximum atomic E-state index is 14.2. The lowest BCUT2D eigenvalue weighted by atomic mass is 10.1. The van der Waals surface area contributed by atoms with Crippen LogP contribution in [0.4, 0.5) is 10.1 Å². The van der Waals surface area contributed by atoms with Crippen molar-refractivity contribution in [1.82, 2.24) is 4.98 Å². The highest BCUT2D eigenvalue weighted by Crippen LogP contribution is 2.35. The largest absolute Gasteiger partial charge is 0.378 e. The summed E-state index contributed by atoms with van der Waals surface area (Å²) >= 11 is 3.40. The van der Waals surface area contributed by atoms with Gasteiger partial charge in [-0.1, -0.05) is 0 Å². The van der Waals surface area contributed by atoms with Gasteiger partial charge < -0.3 is 14.6 Å². The summed E-state index contributed by atoms with van der Waals surface area (Å²) < 4.78 is 20.3. The monoisotopic (exact) mass is 312 g/mol. The number of H-pyrrole nitrogens is 1. The van der Waals surface area contributed by atoms with Crippen LogP contribution >= 0.6 is 15.9 Å². The van der Waals surface area contributed by atoms with Gasteiger partial charge in [0.15, 0.2) is 0 Å². The molecule has 96 valence electrons. The van der Waals surface area contributed by atoms with E-state index in [0.29, 0.717) is 18.9 Å². The summed E-state index contributed by atoms with van der Waals surface area (Å²) in [6, 6.07) is 3.52. The number of aromatic amines is 1. The first-order chi connectivity index (χ1) is 8.66. The van der Waals surface area contributed by atoms with E-state index in [0.717, 1.165) is 34.2 Å². The Morgan fingerprint density at radius 3 is 2.78 bits per heavy atom. The third-order valence-electron chi connectivity index (χ3n) is 3.25. The molecule has 0 amide bonds. The zero-order chi connectivity index (χ0) is 12.7. The van der Waals surface area contributed by atoms with Crippen LogP contribution in [0.3, 0.4) is 0 Å². The van der Waals surface area contributed by atoms with Crippen molar-refractivity contribution in [2.75, 3.05) is 31.2 Å². The Hall–Kier alpha value is -1.07. The molecule has 0 saturated carbocycles. The van der Waals surface area contributed by atoms with Crippen LogP contribution in [-0.4, -0.2) is 31.3 Å². The van der Waals surface area contributed by atoms with Crippen LogP contribution in [0.5, 0.6) is 0 Å². The molecule has 1 aliphatic rings. The number of rotatable bonds is 1. The van der Waals surface area contributed by atoms with Crippen molar-refractivity contribution in [3.05, 3.63) is 28.1 Å². The molecule has 1 aromatic carbocycles. The second-order valence-electron chi connectivity index (χ2n) is 4.53. The van der Waals surface area contributed by atoms with Crippen LogP contribution in [0.15, 0.2) is 16.6 Å². The van der Waals surface area contributed by atoms with Crippen LogP contribution < -0.4 is 4.90 Å². The fraction of sp³-hybridized carbons (Fsp3) is 0.385. The summed E-state index contributed by atoms with van der Waals surface area (Å²) in [6.07, 6.45) is 0. The molecule has 1 aliphatic heterocycles. The molecule has 3 nitrogen and oxygen atoms in total. The van der Waals surface area contributed by atoms with Gasteiger partial charge in [-0.15, -0.1) is 0 Å². The van der Waals surface area contributed by atoms with Crippen LogP contribution in [0.25, 0.3) is 10.9 Å². The van der Waals surface area contributed by atoms with Crippen LogP contribution in [0.1, 0.15) is 5.69 Å². The number of ether oxygens (including phenoxy) is 1. The molecule has 0 atom stereocenters. The molecule has 18 heavy (non-hydrogen) atoms. The molecule has 1 fully saturated rings. The van der Waals surface area contributed by atoms with Gasteiger partial charge in [0, 0.05) is 28.6 Å². The zero-order valence-corrected chi connectivity index (χ0v) is 11.7. The molecule has 2 aromatic rings. The van der Waals surface area contributed by atoms with Crippen molar-refractivity contribution in [3.8, 4) is 0 Å². The number of nitrogens with zero attached hydrogens (tertiary/aromatic N) is 1. The van der Waals surface area contributed by atoms with Gasteiger partial charge in [-0.3, -0.25) is 0 Å². The standard InChI is InChI=1S/C13H14BrFN2O/c1-8-6-9-12(16-8)10(14)7-11(15)13(9)17-2-4-18-5-3-17/h6-7,16H,2-5H2,1H3. The zero-order valence-electron chi connectivity index (χ0n) is 10.1. The van der Waals surface area contributed by atoms with Crippen molar-refractivity contribution in [1.29, 1.82) is 0 Å². The lowest BCUT2D eigenvalue weighted by Gasteiger charge is -2.29. The molecule has 0 spiro atoms. The summed E-state index contributed by atoms with van der Waals surface area (Å²) in [7, 11) is 0. The van der Waals surface area contributed by atoms with Crippen molar-refractivity contribution in [2.24, 2.45) is 0 Å². The average Bonchev–Trinajstić information content (AvgIpc) is 2.72. The minimum absolute atomic E-state index is 0.185. The smallest absolute Gasteiger partial charge is 0.148 e. The van der Waals surface area contributed by atoms with Gasteiger partial charge in [0.25, 0.3) is 0 Å². The molecule has 3 rings (SSSR count). The van der Waals surface area contributed by atoms with Crippen molar-refractivity contribution >= 4 is 32.5 Å². The normalized spacial score (nSPS) is 16.5. The van der Waals surface area contributed by atoms with Gasteiger partial charge in [-0.05, 0) is 35.0 Å². The molecule has 5 heteroatoms. The predicted octanol–water partition coefficient (Wildman–Crippen LogP) is 3.21. The second kappa shape index (κ2) is 4.55. The van der Waals surface area contributed by atoms with Gasteiger partial charge in [0.1, 0.15) is 5.82 Å². The molecule has 0 aliphatic carbocycles. The fourth-order valence-electron chi connectivity index (χ4n) is 2.45. The SMILES string of the molecule is Cc1cc2c(N3CCOCC3)c(F)cc(Br)c2[nH]1. The molecular formula is C13H14BrFN2O. The maximum Gasteiger partial charge on any atom is 0.148 e. The van der Waals surface area contributed by atoms with Gasteiger partial charge in [0.05, 0.1) is 24.4 Å². The number of hydrogen-bond acceptors (Lipinski definition) is 2. The molecule has 1 aromatic heterocycles. The molecule has 1 saturated heterocycles. The Kier molecular flexibility index (Phi) is 3.03. The Morgan fingerprint density at radius 2 is 2.06 bits per heavy atom. The molecular weight excluding hydrogens is 299 g/mol. The van der Waals surface area contributed by atoms with E-state index in [9.17, 15) is 4.39 Å². The third kappa shape index (κ3) is 1.91. The lowest BCUT2D eigenvalue weighted by Crippen LogP contribution is -2.36. The van der Waals surface area contributed by atoms with Gasteiger partial charge in [0.2, 0.25) is 0 Å². The predicted molar refractivity (Wildman–Crippen MR) is 73.7 cm³/mol. The number of anilines is 1. The van der Waals surface area contributed by atoms with Crippen LogP contribution in [0, 0.1) is 12.7 Å². The Bertz CT molecular complexity index is 590. The van der Waals surface area contributed by atoms with E-state index in [2.05, 4.69) is 25.8 Å². The number of nitrogens with one attached hydrogen (secondary N) is 1. The average molecular weight is 313 g/mol. The van der Waals surface area contributed by atoms with E-state index in [4.69, 9.17) is 4.74 Å². The highest BCUT2D eigenvalue weighted by Gasteiger charge is 2.20. The Balaban J connectivity index is 2.20. The summed E-state index contributed by atoms with van der Waals surface area (Å²) in [6.45, 7) is 4.75. The number of benzene rings is 1. The van der Waals surface area contributed by atoms with E-state index in [1.807, 2.05) is 13.0 Å². The summed E-state index contributed by atoms with van der Waals surface area (Å²) in [5.41, 5.74) is 2.67. The molecule has 0 radical (unpaired) electrons. The first kappa shape index (κ1) is 12.0. The number of halogens is 2. The highest BCUT2D eigenvalue weighted by molar-refractivity contribution is 9.10. The van der Waals surface area contributed by atoms with Crippen molar-refractivity contribution < 1.29 is 9.13 Å². The summed E-state index contributed by atoms with van der Waals surface area (Å²) in [4.78, 5) is 5.32. The van der Waals surface area contributed by atoms with Gasteiger partial charge >= 0.3 is 0 Å². The van der Waals surface area contributed by atoms with Gasteiger partial charge in [-0.25, -0.2) is 4.39 Å². The van der Waals surface area contributed by atoms with E-state index in [-0.39, 0.29) is 5.82 Å². The summed E-state index contributed by atoms with van der Waals surface area (Å²) in [5.74, 6) is -0.185. The number of hydrogen-bond donors (Lipinski definition) is 1. The second-order valence-corrected chi connectivity index (χ2v) is 5.38. The molecule has 0 bridgehead atoms. The summed E-state index contributed by atoms with van der Waals surface area (Å²) in [5, 5.41) is 0.932. The quantitative estimate of drug-likeness (QED) is 0.875. The Labute approximate surface area is 113 Å². The van der Waals surface area contributed by atoms with Crippen molar-refractivity contribution in [3.63, 3.8) is 0 Å². The first-order valence-corrected chi connectivity index (χ1v) is 6.76. The number of aryl methyl sites for hydroxylation is 1. The fourth-order valence-corrected chi connectivity index (χ4v) is 2.97. The highest BCUT2D eigenvalue weighted by atomic mass is 79.9. The third-order valence-corrected chi connectivity index (χ3v) is 3.88. The first-order valence-electron chi connectivity index (χ1n) is 5.97. The van der Waals surface area contributed by atoms with E-state index in [1.165, 1.54) is 6.07 Å². The van der Waals surface area contributed by atoms with Crippen LogP contribution in [0.2, 0.25) is 0 Å². The molecule has 0 unspecified atom stereocenters.